The van der Waals surface area contributed by atoms with Gasteiger partial charge in [-0.3, -0.25) is 19.7 Å². The molecule has 28 heavy (non-hydrogen) atoms. The Kier molecular flexibility index (Phi) is 7.21. The molecule has 9 nitrogen and oxygen atoms in total. The number of rotatable bonds is 8. The Hall–Kier alpha value is -3.75. The van der Waals surface area contributed by atoms with Crippen molar-refractivity contribution >= 4 is 23.5 Å². The van der Waals surface area contributed by atoms with Crippen molar-refractivity contribution in [1.29, 1.82) is 0 Å². The van der Waals surface area contributed by atoms with E-state index >= 15 is 0 Å². The fourth-order valence-electron chi connectivity index (χ4n) is 2.32. The summed E-state index contributed by atoms with van der Waals surface area (Å²) in [7, 11) is 1.29. The fraction of sp³-hybridized carbons (Fsp3) is 0.211. The van der Waals surface area contributed by atoms with E-state index in [1.807, 2.05) is 0 Å². The molecule has 2 aromatic rings. The molecule has 1 amide bonds. The van der Waals surface area contributed by atoms with Crippen molar-refractivity contribution in [2.75, 3.05) is 13.7 Å². The third-order valence-corrected chi connectivity index (χ3v) is 3.75. The van der Waals surface area contributed by atoms with Crippen molar-refractivity contribution in [3.05, 3.63) is 75.3 Å². The van der Waals surface area contributed by atoms with Gasteiger partial charge in [-0.05, 0) is 17.7 Å². The van der Waals surface area contributed by atoms with Crippen molar-refractivity contribution in [3.8, 4) is 0 Å². The molecule has 0 unspecified atom stereocenters. The first-order valence-corrected chi connectivity index (χ1v) is 8.22. The Balaban J connectivity index is 1.79. The van der Waals surface area contributed by atoms with Crippen LogP contribution in [0.4, 0.5) is 5.69 Å². The number of carbonyl (C=O) groups is 3. The van der Waals surface area contributed by atoms with Gasteiger partial charge in [-0.1, -0.05) is 30.3 Å². The largest absolute Gasteiger partial charge is 0.465 e. The van der Waals surface area contributed by atoms with E-state index in [9.17, 15) is 24.5 Å². The van der Waals surface area contributed by atoms with Gasteiger partial charge < -0.3 is 14.8 Å². The summed E-state index contributed by atoms with van der Waals surface area (Å²) in [6, 6.07) is 12.3. The summed E-state index contributed by atoms with van der Waals surface area (Å²) in [5.74, 6) is -1.72. The van der Waals surface area contributed by atoms with Crippen molar-refractivity contribution in [3.63, 3.8) is 0 Å². The monoisotopic (exact) mass is 386 g/mol. The van der Waals surface area contributed by atoms with E-state index in [4.69, 9.17) is 4.74 Å². The number of benzene rings is 2. The average molecular weight is 386 g/mol. The van der Waals surface area contributed by atoms with Gasteiger partial charge in [0.25, 0.3) is 11.6 Å². The maximum Gasteiger partial charge on any atom is 0.337 e. The summed E-state index contributed by atoms with van der Waals surface area (Å²) in [6.07, 6.45) is -0.306. The van der Waals surface area contributed by atoms with Crippen LogP contribution in [0.25, 0.3) is 0 Å². The van der Waals surface area contributed by atoms with Crippen LogP contribution in [0, 0.1) is 10.1 Å². The number of ether oxygens (including phenoxy) is 2. The topological polar surface area (TPSA) is 125 Å². The van der Waals surface area contributed by atoms with Crippen LogP contribution < -0.4 is 5.32 Å². The summed E-state index contributed by atoms with van der Waals surface area (Å²) in [5, 5.41) is 13.5. The highest BCUT2D eigenvalue weighted by Gasteiger charge is 2.17. The molecule has 0 saturated heterocycles. The first-order chi connectivity index (χ1) is 13.4. The molecule has 0 spiro atoms. The van der Waals surface area contributed by atoms with E-state index in [-0.39, 0.29) is 24.2 Å². The number of hydrogen-bond donors (Lipinski definition) is 1. The molecular formula is C19H18N2O7. The van der Waals surface area contributed by atoms with E-state index in [2.05, 4.69) is 10.1 Å². The highest BCUT2D eigenvalue weighted by Crippen LogP contribution is 2.18. The second-order valence-corrected chi connectivity index (χ2v) is 5.69. The Morgan fingerprint density at radius 2 is 1.75 bits per heavy atom. The van der Waals surface area contributed by atoms with Crippen LogP contribution in [0.2, 0.25) is 0 Å². The molecule has 0 bridgehead atoms. The molecule has 0 aliphatic heterocycles. The van der Waals surface area contributed by atoms with Crippen LogP contribution in [-0.2, 0) is 32.0 Å². The first-order valence-electron chi connectivity index (χ1n) is 8.22. The summed E-state index contributed by atoms with van der Waals surface area (Å²) >= 11 is 0. The standard InChI is InChI=1S/C19H18N2O7/c1-27-19(24)14-8-6-13(7-9-14)11-20-17(22)12-28-18(23)10-15-4-2-3-5-16(15)21(25)26/h2-9H,10-12H2,1H3,(H,20,22). The lowest BCUT2D eigenvalue weighted by Crippen LogP contribution is -2.28. The molecule has 0 aliphatic carbocycles. The molecule has 0 aromatic heterocycles. The predicted molar refractivity (Wildman–Crippen MR) is 97.4 cm³/mol. The lowest BCUT2D eigenvalue weighted by Gasteiger charge is -2.07. The quantitative estimate of drug-likeness (QED) is 0.416. The first kappa shape index (κ1) is 20.6. The van der Waals surface area contributed by atoms with Gasteiger partial charge in [0.2, 0.25) is 0 Å². The van der Waals surface area contributed by atoms with Crippen LogP contribution in [0.3, 0.4) is 0 Å². The molecule has 0 radical (unpaired) electrons. The zero-order valence-electron chi connectivity index (χ0n) is 15.0. The number of hydrogen-bond acceptors (Lipinski definition) is 7. The predicted octanol–water partition coefficient (Wildman–Crippen LogP) is 1.78. The number of methoxy groups -OCH3 is 1. The van der Waals surface area contributed by atoms with Gasteiger partial charge in [0.1, 0.15) is 0 Å². The van der Waals surface area contributed by atoms with E-state index in [1.165, 1.54) is 25.3 Å². The number of nitrogens with zero attached hydrogens (tertiary/aromatic N) is 1. The summed E-state index contributed by atoms with van der Waals surface area (Å²) in [6.45, 7) is -0.318. The Morgan fingerprint density at radius 1 is 1.07 bits per heavy atom. The van der Waals surface area contributed by atoms with Crippen LogP contribution in [0.15, 0.2) is 48.5 Å². The summed E-state index contributed by atoms with van der Waals surface area (Å²) in [4.78, 5) is 45.3. The molecule has 1 N–H and O–H groups in total. The van der Waals surface area contributed by atoms with Crippen molar-refractivity contribution in [1.82, 2.24) is 5.32 Å². The fourth-order valence-corrected chi connectivity index (χ4v) is 2.32. The van der Waals surface area contributed by atoms with Crippen LogP contribution in [0.1, 0.15) is 21.5 Å². The van der Waals surface area contributed by atoms with E-state index in [0.717, 1.165) is 5.56 Å². The van der Waals surface area contributed by atoms with E-state index in [1.54, 1.807) is 30.3 Å². The van der Waals surface area contributed by atoms with Crippen LogP contribution >= 0.6 is 0 Å². The van der Waals surface area contributed by atoms with Crippen molar-refractivity contribution < 1.29 is 28.8 Å². The minimum Gasteiger partial charge on any atom is -0.465 e. The number of amides is 1. The van der Waals surface area contributed by atoms with Gasteiger partial charge in [-0.25, -0.2) is 4.79 Å². The Labute approximate surface area is 160 Å². The van der Waals surface area contributed by atoms with Crippen LogP contribution in [0.5, 0.6) is 0 Å². The highest BCUT2D eigenvalue weighted by molar-refractivity contribution is 5.89. The number of nitrogens with one attached hydrogen (secondary N) is 1. The molecule has 0 heterocycles. The van der Waals surface area contributed by atoms with E-state index < -0.39 is 29.4 Å². The van der Waals surface area contributed by atoms with Gasteiger partial charge in [-0.15, -0.1) is 0 Å². The SMILES string of the molecule is COC(=O)c1ccc(CNC(=O)COC(=O)Cc2ccccc2[N+](=O)[O-])cc1. The highest BCUT2D eigenvalue weighted by atomic mass is 16.6. The third kappa shape index (κ3) is 5.90. The summed E-state index contributed by atoms with van der Waals surface area (Å²) < 4.78 is 9.46. The Morgan fingerprint density at radius 3 is 2.39 bits per heavy atom. The maximum atomic E-state index is 11.8. The zero-order valence-corrected chi connectivity index (χ0v) is 15.0. The number of nitro groups is 1. The third-order valence-electron chi connectivity index (χ3n) is 3.75. The number of para-hydroxylation sites is 1. The van der Waals surface area contributed by atoms with Gasteiger partial charge in [0.15, 0.2) is 6.61 Å². The minimum atomic E-state index is -0.744. The van der Waals surface area contributed by atoms with Gasteiger partial charge in [-0.2, -0.15) is 0 Å². The molecule has 0 saturated carbocycles. The molecule has 2 rings (SSSR count). The normalized spacial score (nSPS) is 10.0. The molecule has 2 aromatic carbocycles. The smallest absolute Gasteiger partial charge is 0.337 e. The molecule has 0 aliphatic rings. The number of carbonyl (C=O) groups excluding carboxylic acids is 3. The molecule has 146 valence electrons. The second kappa shape index (κ2) is 9.81. The second-order valence-electron chi connectivity index (χ2n) is 5.69. The summed E-state index contributed by atoms with van der Waals surface area (Å²) in [5.41, 5.74) is 1.16. The van der Waals surface area contributed by atoms with Crippen molar-refractivity contribution in [2.24, 2.45) is 0 Å². The van der Waals surface area contributed by atoms with Gasteiger partial charge in [0, 0.05) is 18.2 Å². The zero-order chi connectivity index (χ0) is 20.5. The maximum absolute atomic E-state index is 11.8. The van der Waals surface area contributed by atoms with Gasteiger partial charge in [0.05, 0.1) is 24.0 Å². The lowest BCUT2D eigenvalue weighted by atomic mass is 10.1. The molecular weight excluding hydrogens is 368 g/mol. The molecule has 0 atom stereocenters. The van der Waals surface area contributed by atoms with E-state index in [0.29, 0.717) is 5.56 Å². The number of nitro benzene ring substituents is 1. The van der Waals surface area contributed by atoms with Gasteiger partial charge >= 0.3 is 11.9 Å². The number of esters is 2. The molecule has 9 heteroatoms. The van der Waals surface area contributed by atoms with Crippen molar-refractivity contribution in [2.45, 2.75) is 13.0 Å². The van der Waals surface area contributed by atoms with Crippen LogP contribution in [-0.4, -0.2) is 36.5 Å². The molecule has 0 fully saturated rings. The minimum absolute atomic E-state index is 0.181. The Bertz CT molecular complexity index is 878. The lowest BCUT2D eigenvalue weighted by molar-refractivity contribution is -0.385. The average Bonchev–Trinajstić information content (AvgIpc) is 2.70.